The highest BCUT2D eigenvalue weighted by atomic mass is 16.2. The minimum absolute atomic E-state index is 0.292. The first kappa shape index (κ1) is 12.9. The largest absolute Gasteiger partial charge is 0.340 e. The van der Waals surface area contributed by atoms with Crippen LogP contribution in [0.1, 0.15) is 51.9 Å². The summed E-state index contributed by atoms with van der Waals surface area (Å²) in [4.78, 5) is 14.6. The van der Waals surface area contributed by atoms with Crippen LogP contribution in [0.4, 0.5) is 0 Å². The van der Waals surface area contributed by atoms with Crippen LogP contribution in [0, 0.1) is 11.8 Å². The molecule has 0 aromatic heterocycles. The molecule has 1 aliphatic carbocycles. The third-order valence-electron chi connectivity index (χ3n) is 4.54. The molecule has 3 unspecified atom stereocenters. The lowest BCUT2D eigenvalue weighted by Gasteiger charge is -2.32. The van der Waals surface area contributed by atoms with Crippen molar-refractivity contribution in [2.45, 2.75) is 57.9 Å². The monoisotopic (exact) mass is 238 g/mol. The fraction of sp³-hybridized carbons (Fsp3) is 0.929. The Morgan fingerprint density at radius 2 is 2.12 bits per heavy atom. The predicted octanol–water partition coefficient (Wildman–Crippen LogP) is 2.15. The summed E-state index contributed by atoms with van der Waals surface area (Å²) in [6.07, 6.45) is 8.14. The van der Waals surface area contributed by atoms with Gasteiger partial charge in [-0.15, -0.1) is 0 Å². The second-order valence-corrected chi connectivity index (χ2v) is 5.83. The van der Waals surface area contributed by atoms with E-state index >= 15 is 0 Å². The highest BCUT2D eigenvalue weighted by Gasteiger charge is 2.33. The van der Waals surface area contributed by atoms with Crippen LogP contribution in [0.3, 0.4) is 0 Å². The molecule has 17 heavy (non-hydrogen) atoms. The van der Waals surface area contributed by atoms with E-state index in [1.165, 1.54) is 25.7 Å². The molecule has 2 aliphatic rings. The van der Waals surface area contributed by atoms with Crippen LogP contribution < -0.4 is 5.73 Å². The number of likely N-dealkylation sites (tertiary alicyclic amines) is 1. The molecule has 2 N–H and O–H groups in total. The molecule has 1 amide bonds. The summed E-state index contributed by atoms with van der Waals surface area (Å²) < 4.78 is 0. The molecule has 1 saturated heterocycles. The number of carbonyl (C=O) groups excluding carboxylic acids is 1. The van der Waals surface area contributed by atoms with Gasteiger partial charge in [-0.2, -0.15) is 0 Å². The van der Waals surface area contributed by atoms with Gasteiger partial charge in [-0.05, 0) is 51.5 Å². The van der Waals surface area contributed by atoms with Crippen molar-refractivity contribution in [2.75, 3.05) is 13.1 Å². The normalized spacial score (nSPS) is 34.0. The van der Waals surface area contributed by atoms with Gasteiger partial charge in [0.15, 0.2) is 0 Å². The van der Waals surface area contributed by atoms with Gasteiger partial charge in [-0.1, -0.05) is 12.8 Å². The van der Waals surface area contributed by atoms with Crippen molar-refractivity contribution in [1.29, 1.82) is 0 Å². The van der Waals surface area contributed by atoms with Gasteiger partial charge in [-0.25, -0.2) is 0 Å². The smallest absolute Gasteiger partial charge is 0.225 e. The summed E-state index contributed by atoms with van der Waals surface area (Å²) in [7, 11) is 0. The average Bonchev–Trinajstić information content (AvgIpc) is 2.75. The summed E-state index contributed by atoms with van der Waals surface area (Å²) in [5, 5.41) is 0. The van der Waals surface area contributed by atoms with Crippen molar-refractivity contribution >= 4 is 5.91 Å². The second kappa shape index (κ2) is 5.85. The van der Waals surface area contributed by atoms with Crippen molar-refractivity contribution < 1.29 is 4.79 Å². The molecule has 2 rings (SSSR count). The van der Waals surface area contributed by atoms with Gasteiger partial charge >= 0.3 is 0 Å². The van der Waals surface area contributed by atoms with Gasteiger partial charge in [0.1, 0.15) is 0 Å². The van der Waals surface area contributed by atoms with Crippen LogP contribution in [0.2, 0.25) is 0 Å². The molecule has 1 aliphatic heterocycles. The fourth-order valence-corrected chi connectivity index (χ4v) is 3.51. The first-order chi connectivity index (χ1) is 8.22. The number of hydrogen-bond donors (Lipinski definition) is 1. The molecule has 0 bridgehead atoms. The van der Waals surface area contributed by atoms with E-state index in [9.17, 15) is 4.79 Å². The Hall–Kier alpha value is -0.570. The van der Waals surface area contributed by atoms with Crippen molar-refractivity contribution in [2.24, 2.45) is 17.6 Å². The van der Waals surface area contributed by atoms with E-state index in [4.69, 9.17) is 5.73 Å². The summed E-state index contributed by atoms with van der Waals surface area (Å²) in [6.45, 7) is 3.94. The average molecular weight is 238 g/mol. The van der Waals surface area contributed by atoms with Crippen LogP contribution in [0.5, 0.6) is 0 Å². The molecule has 3 heteroatoms. The van der Waals surface area contributed by atoms with Crippen molar-refractivity contribution in [3.63, 3.8) is 0 Å². The molecule has 0 spiro atoms. The lowest BCUT2D eigenvalue weighted by Crippen LogP contribution is -2.40. The molecule has 3 atom stereocenters. The zero-order chi connectivity index (χ0) is 12.3. The van der Waals surface area contributed by atoms with Crippen molar-refractivity contribution in [3.8, 4) is 0 Å². The third-order valence-corrected chi connectivity index (χ3v) is 4.54. The van der Waals surface area contributed by atoms with Gasteiger partial charge in [-0.3, -0.25) is 4.79 Å². The Kier molecular flexibility index (Phi) is 4.43. The SMILES string of the molecule is CC1CCCN1C(=O)C1CCCC(CCN)C1. The number of rotatable bonds is 3. The maximum absolute atomic E-state index is 12.5. The fourth-order valence-electron chi connectivity index (χ4n) is 3.51. The first-order valence-corrected chi connectivity index (χ1v) is 7.23. The Bertz CT molecular complexity index is 265. The molecule has 1 heterocycles. The quantitative estimate of drug-likeness (QED) is 0.819. The number of nitrogens with zero attached hydrogens (tertiary/aromatic N) is 1. The molecular weight excluding hydrogens is 212 g/mol. The standard InChI is InChI=1S/C14H26N2O/c1-11-4-3-9-16(11)14(17)13-6-2-5-12(10-13)7-8-15/h11-13H,2-10,15H2,1H3. The van der Waals surface area contributed by atoms with E-state index in [0.29, 0.717) is 23.8 Å². The van der Waals surface area contributed by atoms with E-state index in [2.05, 4.69) is 11.8 Å². The molecule has 0 aromatic rings. The zero-order valence-electron chi connectivity index (χ0n) is 11.0. The first-order valence-electron chi connectivity index (χ1n) is 7.23. The predicted molar refractivity (Wildman–Crippen MR) is 69.5 cm³/mol. The van der Waals surface area contributed by atoms with Crippen molar-refractivity contribution in [3.05, 3.63) is 0 Å². The summed E-state index contributed by atoms with van der Waals surface area (Å²) in [5.41, 5.74) is 5.63. The summed E-state index contributed by atoms with van der Waals surface area (Å²) in [5.74, 6) is 1.41. The van der Waals surface area contributed by atoms with E-state index in [-0.39, 0.29) is 0 Å². The van der Waals surface area contributed by atoms with E-state index in [1.807, 2.05) is 0 Å². The second-order valence-electron chi connectivity index (χ2n) is 5.83. The van der Waals surface area contributed by atoms with Gasteiger partial charge < -0.3 is 10.6 Å². The lowest BCUT2D eigenvalue weighted by atomic mass is 9.79. The van der Waals surface area contributed by atoms with Gasteiger partial charge in [0, 0.05) is 18.5 Å². The maximum Gasteiger partial charge on any atom is 0.225 e. The molecule has 3 nitrogen and oxygen atoms in total. The highest BCUT2D eigenvalue weighted by molar-refractivity contribution is 5.79. The number of hydrogen-bond acceptors (Lipinski definition) is 2. The van der Waals surface area contributed by atoms with E-state index < -0.39 is 0 Å². The minimum Gasteiger partial charge on any atom is -0.340 e. The summed E-state index contributed by atoms with van der Waals surface area (Å²) >= 11 is 0. The zero-order valence-corrected chi connectivity index (χ0v) is 11.0. The van der Waals surface area contributed by atoms with E-state index in [1.54, 1.807) is 0 Å². The third kappa shape index (κ3) is 3.01. The number of amides is 1. The Morgan fingerprint density at radius 1 is 1.29 bits per heavy atom. The molecule has 1 saturated carbocycles. The van der Waals surface area contributed by atoms with E-state index in [0.717, 1.165) is 32.4 Å². The lowest BCUT2D eigenvalue weighted by molar-refractivity contribution is -0.137. The molecule has 0 aromatic carbocycles. The molecular formula is C14H26N2O. The highest BCUT2D eigenvalue weighted by Crippen LogP contribution is 2.33. The van der Waals surface area contributed by atoms with Gasteiger partial charge in [0.05, 0.1) is 0 Å². The number of carbonyl (C=O) groups is 1. The van der Waals surface area contributed by atoms with Crippen LogP contribution in [-0.2, 0) is 4.79 Å². The molecule has 0 radical (unpaired) electrons. The van der Waals surface area contributed by atoms with Gasteiger partial charge in [0.2, 0.25) is 5.91 Å². The van der Waals surface area contributed by atoms with Gasteiger partial charge in [0.25, 0.3) is 0 Å². The van der Waals surface area contributed by atoms with Crippen LogP contribution in [0.25, 0.3) is 0 Å². The van der Waals surface area contributed by atoms with Crippen LogP contribution in [-0.4, -0.2) is 29.9 Å². The minimum atomic E-state index is 0.292. The van der Waals surface area contributed by atoms with Crippen LogP contribution in [0.15, 0.2) is 0 Å². The van der Waals surface area contributed by atoms with Crippen LogP contribution >= 0.6 is 0 Å². The number of nitrogens with two attached hydrogens (primary N) is 1. The Labute approximate surface area is 105 Å². The molecule has 2 fully saturated rings. The Balaban J connectivity index is 1.90. The maximum atomic E-state index is 12.5. The Morgan fingerprint density at radius 3 is 2.76 bits per heavy atom. The molecule has 98 valence electrons. The topological polar surface area (TPSA) is 46.3 Å². The summed E-state index contributed by atoms with van der Waals surface area (Å²) in [6, 6.07) is 0.470. The van der Waals surface area contributed by atoms with Crippen molar-refractivity contribution in [1.82, 2.24) is 4.90 Å².